The Morgan fingerprint density at radius 3 is 2.61 bits per heavy atom. The third kappa shape index (κ3) is 4.39. The minimum absolute atomic E-state index is 0.0436. The van der Waals surface area contributed by atoms with E-state index in [0.29, 0.717) is 42.2 Å². The van der Waals surface area contributed by atoms with Gasteiger partial charge in [-0.15, -0.1) is 0 Å². The normalized spacial score (nSPS) is 20.9. The Balaban J connectivity index is 1.36. The van der Waals surface area contributed by atoms with Crippen LogP contribution in [0.3, 0.4) is 0 Å². The molecule has 2 aromatic rings. The highest BCUT2D eigenvalue weighted by Crippen LogP contribution is 2.33. The molecule has 6 heteroatoms. The number of nitrogens with zero attached hydrogens (tertiary/aromatic N) is 2. The van der Waals surface area contributed by atoms with E-state index >= 15 is 0 Å². The quantitative estimate of drug-likeness (QED) is 0.752. The highest BCUT2D eigenvalue weighted by molar-refractivity contribution is 6.11. The van der Waals surface area contributed by atoms with Crippen LogP contribution in [-0.2, 0) is 11.3 Å². The zero-order chi connectivity index (χ0) is 22.8. The lowest BCUT2D eigenvalue weighted by Gasteiger charge is -2.26. The van der Waals surface area contributed by atoms with Gasteiger partial charge in [-0.05, 0) is 61.4 Å². The van der Waals surface area contributed by atoms with Gasteiger partial charge in [0.1, 0.15) is 6.04 Å². The van der Waals surface area contributed by atoms with E-state index in [1.165, 1.54) is 32.1 Å². The van der Waals surface area contributed by atoms with E-state index in [1.807, 2.05) is 42.5 Å². The summed E-state index contributed by atoms with van der Waals surface area (Å²) < 4.78 is 0. The highest BCUT2D eigenvalue weighted by atomic mass is 16.2. The van der Waals surface area contributed by atoms with Crippen molar-refractivity contribution < 1.29 is 14.4 Å². The lowest BCUT2D eigenvalue weighted by atomic mass is 9.89. The number of fused-ring (bicyclic) bond motifs is 2. The van der Waals surface area contributed by atoms with Crippen molar-refractivity contribution in [3.8, 4) is 0 Å². The molecule has 0 aromatic heterocycles. The number of hydrogen-bond donors (Lipinski definition) is 1. The van der Waals surface area contributed by atoms with Crippen LogP contribution >= 0.6 is 0 Å². The summed E-state index contributed by atoms with van der Waals surface area (Å²) >= 11 is 0. The number of rotatable bonds is 5. The largest absolute Gasteiger partial charge is 0.352 e. The summed E-state index contributed by atoms with van der Waals surface area (Å²) in [5.74, 6) is 0.393. The van der Waals surface area contributed by atoms with Crippen LogP contribution in [0.25, 0.3) is 0 Å². The average molecular weight is 446 g/mol. The van der Waals surface area contributed by atoms with Gasteiger partial charge in [-0.3, -0.25) is 14.4 Å². The Morgan fingerprint density at radius 2 is 1.76 bits per heavy atom. The van der Waals surface area contributed by atoms with Crippen LogP contribution in [0.5, 0.6) is 0 Å². The predicted molar refractivity (Wildman–Crippen MR) is 127 cm³/mol. The first-order valence-electron chi connectivity index (χ1n) is 12.2. The maximum atomic E-state index is 13.5. The lowest BCUT2D eigenvalue weighted by Crippen LogP contribution is -2.44. The fraction of sp³-hybridized carbons (Fsp3) is 0.444. The van der Waals surface area contributed by atoms with Crippen molar-refractivity contribution in [2.24, 2.45) is 5.92 Å². The molecule has 2 aromatic carbocycles. The van der Waals surface area contributed by atoms with Crippen molar-refractivity contribution in [2.75, 3.05) is 18.0 Å². The van der Waals surface area contributed by atoms with E-state index in [0.717, 1.165) is 18.5 Å². The molecule has 172 valence electrons. The van der Waals surface area contributed by atoms with E-state index < -0.39 is 6.04 Å². The monoisotopic (exact) mass is 445 g/mol. The number of amides is 3. The lowest BCUT2D eigenvalue weighted by molar-refractivity contribution is -0.122. The summed E-state index contributed by atoms with van der Waals surface area (Å²) in [5, 5.41) is 3.10. The summed E-state index contributed by atoms with van der Waals surface area (Å²) in [4.78, 5) is 42.8. The molecule has 1 N–H and O–H groups in total. The minimum atomic E-state index is -0.410. The maximum Gasteiger partial charge on any atom is 0.256 e. The summed E-state index contributed by atoms with van der Waals surface area (Å²) in [6.45, 7) is 1.67. The second-order valence-corrected chi connectivity index (χ2v) is 9.51. The fourth-order valence-electron chi connectivity index (χ4n) is 5.50. The zero-order valence-corrected chi connectivity index (χ0v) is 19.0. The van der Waals surface area contributed by atoms with Gasteiger partial charge in [0.25, 0.3) is 11.8 Å². The van der Waals surface area contributed by atoms with Crippen LogP contribution in [0.2, 0.25) is 0 Å². The molecule has 5 rings (SSSR count). The third-order valence-electron chi connectivity index (χ3n) is 7.30. The molecule has 1 atom stereocenters. The van der Waals surface area contributed by atoms with Crippen molar-refractivity contribution in [3.63, 3.8) is 0 Å². The smallest absolute Gasteiger partial charge is 0.256 e. The molecule has 2 fully saturated rings. The van der Waals surface area contributed by atoms with Gasteiger partial charge in [0.2, 0.25) is 5.91 Å². The molecule has 0 unspecified atom stereocenters. The number of anilines is 1. The molecule has 0 radical (unpaired) electrons. The Morgan fingerprint density at radius 1 is 0.939 bits per heavy atom. The Kier molecular flexibility index (Phi) is 6.16. The number of benzene rings is 2. The summed E-state index contributed by atoms with van der Waals surface area (Å²) in [6.07, 6.45) is 7.72. The molecule has 3 amide bonds. The third-order valence-corrected chi connectivity index (χ3v) is 7.30. The van der Waals surface area contributed by atoms with E-state index in [4.69, 9.17) is 0 Å². The molecule has 1 saturated heterocycles. The molecule has 0 spiro atoms. The topological polar surface area (TPSA) is 69.7 Å². The molecular weight excluding hydrogens is 414 g/mol. The van der Waals surface area contributed by atoms with Crippen molar-refractivity contribution in [1.82, 2.24) is 10.2 Å². The number of carbonyl (C=O) groups is 3. The van der Waals surface area contributed by atoms with Gasteiger partial charge < -0.3 is 15.1 Å². The average Bonchev–Trinajstić information content (AvgIpc) is 3.33. The van der Waals surface area contributed by atoms with Gasteiger partial charge in [0, 0.05) is 18.7 Å². The zero-order valence-electron chi connectivity index (χ0n) is 19.0. The van der Waals surface area contributed by atoms with Crippen molar-refractivity contribution in [2.45, 2.75) is 57.5 Å². The first kappa shape index (κ1) is 21.7. The molecule has 2 heterocycles. The number of hydrogen-bond acceptors (Lipinski definition) is 3. The van der Waals surface area contributed by atoms with E-state index in [-0.39, 0.29) is 17.7 Å². The second-order valence-electron chi connectivity index (χ2n) is 9.51. The van der Waals surface area contributed by atoms with E-state index in [2.05, 4.69) is 5.32 Å². The molecule has 6 nitrogen and oxygen atoms in total. The summed E-state index contributed by atoms with van der Waals surface area (Å²) in [7, 11) is 0. The van der Waals surface area contributed by atoms with Gasteiger partial charge in [-0.25, -0.2) is 0 Å². The Labute approximate surface area is 194 Å². The van der Waals surface area contributed by atoms with Crippen LogP contribution < -0.4 is 10.2 Å². The van der Waals surface area contributed by atoms with E-state index in [1.54, 1.807) is 15.9 Å². The standard InChI is InChI=1S/C27H31N3O3/c31-25(28-17-19-8-2-1-3-9-19)21-11-6-10-20(16-21)18-30-23-13-5-4-12-22(23)26(32)29-15-7-14-24(29)27(30)33/h4-6,10-13,16,19,24H,1-3,7-9,14-15,17-18H2,(H,28,31)/t24-/m0/s1. The Hall–Kier alpha value is -3.15. The fourth-order valence-corrected chi connectivity index (χ4v) is 5.50. The van der Waals surface area contributed by atoms with Gasteiger partial charge >= 0.3 is 0 Å². The van der Waals surface area contributed by atoms with Gasteiger partial charge in [0.15, 0.2) is 0 Å². The van der Waals surface area contributed by atoms with Crippen LogP contribution in [-0.4, -0.2) is 41.8 Å². The van der Waals surface area contributed by atoms with Gasteiger partial charge in [-0.2, -0.15) is 0 Å². The molecule has 33 heavy (non-hydrogen) atoms. The molecule has 0 bridgehead atoms. The second kappa shape index (κ2) is 9.38. The highest BCUT2D eigenvalue weighted by Gasteiger charge is 2.41. The molecule has 1 aliphatic carbocycles. The maximum absolute atomic E-state index is 13.5. The number of para-hydroxylation sites is 1. The first-order chi connectivity index (χ1) is 16.1. The van der Waals surface area contributed by atoms with Crippen LogP contribution in [0, 0.1) is 5.92 Å². The molecule has 1 saturated carbocycles. The van der Waals surface area contributed by atoms with Gasteiger partial charge in [-0.1, -0.05) is 43.5 Å². The van der Waals surface area contributed by atoms with Crippen LogP contribution in [0.4, 0.5) is 5.69 Å². The van der Waals surface area contributed by atoms with Crippen molar-refractivity contribution in [3.05, 3.63) is 65.2 Å². The number of nitrogens with one attached hydrogen (secondary N) is 1. The van der Waals surface area contributed by atoms with Gasteiger partial charge in [0.05, 0.1) is 17.8 Å². The summed E-state index contributed by atoms with van der Waals surface area (Å²) in [6, 6.07) is 14.4. The van der Waals surface area contributed by atoms with E-state index in [9.17, 15) is 14.4 Å². The first-order valence-corrected chi connectivity index (χ1v) is 12.2. The minimum Gasteiger partial charge on any atom is -0.352 e. The SMILES string of the molecule is O=C(NCC1CCCCC1)c1cccc(CN2C(=O)[C@@H]3CCCN3C(=O)c3ccccc32)c1. The van der Waals surface area contributed by atoms with Crippen LogP contribution in [0.15, 0.2) is 48.5 Å². The predicted octanol–water partition coefficient (Wildman–Crippen LogP) is 4.15. The molecule has 2 aliphatic heterocycles. The number of carbonyl (C=O) groups excluding carboxylic acids is 3. The molecular formula is C27H31N3O3. The Bertz CT molecular complexity index is 1060. The van der Waals surface area contributed by atoms with Crippen molar-refractivity contribution >= 4 is 23.4 Å². The summed E-state index contributed by atoms with van der Waals surface area (Å²) in [5.41, 5.74) is 2.70. The van der Waals surface area contributed by atoms with Crippen LogP contribution in [0.1, 0.15) is 71.2 Å². The van der Waals surface area contributed by atoms with Crippen molar-refractivity contribution in [1.29, 1.82) is 0 Å². The molecule has 3 aliphatic rings.